The second-order valence-corrected chi connectivity index (χ2v) is 4.10. The molecule has 7 heteroatoms. The Labute approximate surface area is 84.4 Å². The second kappa shape index (κ2) is 10.3. The normalized spacial score (nSPS) is 11.8. The molecule has 0 rings (SSSR count). The summed E-state index contributed by atoms with van der Waals surface area (Å²) in [5.74, 6) is 0. The van der Waals surface area contributed by atoms with Crippen LogP contribution in [0, 0.1) is 0 Å². The zero-order valence-corrected chi connectivity index (χ0v) is 8.85. The van der Waals surface area contributed by atoms with Gasteiger partial charge in [0.15, 0.2) is 0 Å². The molecule has 0 aromatic carbocycles. The van der Waals surface area contributed by atoms with Crippen molar-refractivity contribution in [1.29, 1.82) is 0 Å². The maximum atomic E-state index is 5.38. The van der Waals surface area contributed by atoms with Crippen molar-refractivity contribution in [2.45, 2.75) is 0 Å². The van der Waals surface area contributed by atoms with Gasteiger partial charge in [0, 0.05) is 0 Å². The van der Waals surface area contributed by atoms with Crippen molar-refractivity contribution in [2.75, 3.05) is 39.3 Å². The van der Waals surface area contributed by atoms with Gasteiger partial charge in [-0.1, -0.05) is 0 Å². The zero-order valence-electron chi connectivity index (χ0n) is 7.81. The molecule has 0 aliphatic rings. The van der Waals surface area contributed by atoms with Crippen molar-refractivity contribution in [3.05, 3.63) is 0 Å². The standard InChI is InChI=1S/3C2H7N2.Co/c3*3-1-2-4;/h3*3H,1-2,4H2;/q3*-1;+3. The zero-order chi connectivity index (χ0) is 9.94. The first-order valence-corrected chi connectivity index (χ1v) is 5.85. The van der Waals surface area contributed by atoms with Gasteiger partial charge in [0.2, 0.25) is 0 Å². The van der Waals surface area contributed by atoms with Gasteiger partial charge in [-0.25, -0.2) is 0 Å². The Morgan fingerprint density at radius 3 is 1.23 bits per heavy atom. The van der Waals surface area contributed by atoms with Gasteiger partial charge in [0.1, 0.15) is 0 Å². The van der Waals surface area contributed by atoms with Gasteiger partial charge in [0.25, 0.3) is 0 Å². The van der Waals surface area contributed by atoms with Crippen molar-refractivity contribution in [3.63, 3.8) is 0 Å². The van der Waals surface area contributed by atoms with Crippen LogP contribution in [-0.2, 0) is 14.3 Å². The summed E-state index contributed by atoms with van der Waals surface area (Å²) in [7, 11) is 0. The maximum absolute atomic E-state index is 5.38. The van der Waals surface area contributed by atoms with Crippen molar-refractivity contribution in [2.24, 2.45) is 17.2 Å². The molecule has 0 aliphatic heterocycles. The molecular formula is C6H21CoN6. The Kier molecular flexibility index (Phi) is 10.6. The molecule has 0 amide bonds. The quantitative estimate of drug-likeness (QED) is 0.254. The molecule has 0 aliphatic carbocycles. The van der Waals surface area contributed by atoms with Crippen LogP contribution in [0.4, 0.5) is 0 Å². The molecule has 9 N–H and O–H groups in total. The van der Waals surface area contributed by atoms with Gasteiger partial charge in [-0.15, -0.1) is 0 Å². The summed E-state index contributed by atoms with van der Waals surface area (Å²) in [4.78, 5) is 0. The van der Waals surface area contributed by atoms with Crippen LogP contribution in [0.2, 0.25) is 0 Å². The topological polar surface area (TPSA) is 114 Å². The first-order chi connectivity index (χ1) is 6.35. The molecule has 0 aromatic rings. The summed E-state index contributed by atoms with van der Waals surface area (Å²) in [6, 6.07) is 0. The van der Waals surface area contributed by atoms with Gasteiger partial charge in [-0.05, 0) is 0 Å². The average molecular weight is 236 g/mol. The van der Waals surface area contributed by atoms with Crippen LogP contribution >= 0.6 is 0 Å². The summed E-state index contributed by atoms with van der Waals surface area (Å²) >= 11 is -0.546. The van der Waals surface area contributed by atoms with Crippen molar-refractivity contribution in [3.8, 4) is 0 Å². The van der Waals surface area contributed by atoms with E-state index in [1.54, 1.807) is 0 Å². The van der Waals surface area contributed by atoms with E-state index in [2.05, 4.69) is 13.1 Å². The average Bonchev–Trinajstić information content (AvgIpc) is 2.17. The molecule has 13 heavy (non-hydrogen) atoms. The van der Waals surface area contributed by atoms with E-state index in [0.717, 1.165) is 19.6 Å². The number of hydrogen-bond acceptors (Lipinski definition) is 6. The third-order valence-electron chi connectivity index (χ3n) is 1.04. The summed E-state index contributed by atoms with van der Waals surface area (Å²) in [6.07, 6.45) is 0. The van der Waals surface area contributed by atoms with E-state index < -0.39 is 14.3 Å². The predicted octanol–water partition coefficient (Wildman–Crippen LogP) is -3.01. The van der Waals surface area contributed by atoms with Gasteiger partial charge >= 0.3 is 83.9 Å². The van der Waals surface area contributed by atoms with Crippen LogP contribution in [0.1, 0.15) is 0 Å². The number of hydrogen-bond donors (Lipinski definition) is 6. The molecule has 0 unspecified atom stereocenters. The molecule has 0 spiro atoms. The van der Waals surface area contributed by atoms with Crippen LogP contribution in [0.15, 0.2) is 0 Å². The van der Waals surface area contributed by atoms with E-state index in [1.165, 1.54) is 0 Å². The van der Waals surface area contributed by atoms with E-state index in [-0.39, 0.29) is 0 Å². The Morgan fingerprint density at radius 2 is 1.00 bits per heavy atom. The molecule has 6 nitrogen and oxygen atoms in total. The van der Waals surface area contributed by atoms with Gasteiger partial charge < -0.3 is 0 Å². The summed E-state index contributed by atoms with van der Waals surface area (Å²) in [5, 5.41) is 0. The Bertz CT molecular complexity index is 84.1. The summed E-state index contributed by atoms with van der Waals surface area (Å²) < 4.78 is 9.73. The van der Waals surface area contributed by atoms with Crippen LogP contribution in [0.3, 0.4) is 0 Å². The molecule has 0 aromatic heterocycles. The van der Waals surface area contributed by atoms with E-state index in [9.17, 15) is 0 Å². The van der Waals surface area contributed by atoms with E-state index >= 15 is 0 Å². The van der Waals surface area contributed by atoms with E-state index in [1.807, 2.05) is 0 Å². The Morgan fingerprint density at radius 1 is 0.692 bits per heavy atom. The second-order valence-electron chi connectivity index (χ2n) is 2.22. The van der Waals surface area contributed by atoms with Crippen LogP contribution < -0.4 is 30.3 Å². The molecule has 0 atom stereocenters. The predicted molar refractivity (Wildman–Crippen MR) is 51.2 cm³/mol. The minimum atomic E-state index is -0.546. The Hall–Kier alpha value is 0.266. The van der Waals surface area contributed by atoms with E-state index in [4.69, 9.17) is 17.2 Å². The Balaban J connectivity index is 3.47. The van der Waals surface area contributed by atoms with E-state index in [0.29, 0.717) is 19.6 Å². The first-order valence-electron chi connectivity index (χ1n) is 4.29. The minimum absolute atomic E-state index is 0.546. The third kappa shape index (κ3) is 8.59. The number of nitrogens with one attached hydrogen (secondary N) is 3. The van der Waals surface area contributed by atoms with Crippen molar-refractivity contribution in [1.82, 2.24) is 13.1 Å². The molecule has 84 valence electrons. The molecule has 0 fully saturated rings. The molecule has 0 bridgehead atoms. The molecule has 0 radical (unpaired) electrons. The number of rotatable bonds is 9. The number of nitrogens with two attached hydrogens (primary N) is 3. The van der Waals surface area contributed by atoms with Crippen molar-refractivity contribution < 1.29 is 14.3 Å². The first kappa shape index (κ1) is 13.3. The third-order valence-corrected chi connectivity index (χ3v) is 2.92. The monoisotopic (exact) mass is 236 g/mol. The van der Waals surface area contributed by atoms with Gasteiger partial charge in [-0.2, -0.15) is 0 Å². The fourth-order valence-corrected chi connectivity index (χ4v) is 2.14. The molecule has 0 saturated heterocycles. The SMILES string of the molecule is NCC[NH][Co]([NH]CCN)[NH]CCN. The molecule has 0 heterocycles. The van der Waals surface area contributed by atoms with Crippen LogP contribution in [0.25, 0.3) is 0 Å². The van der Waals surface area contributed by atoms with Crippen LogP contribution in [-0.4, -0.2) is 39.3 Å². The van der Waals surface area contributed by atoms with Gasteiger partial charge in [0.05, 0.1) is 0 Å². The summed E-state index contributed by atoms with van der Waals surface area (Å²) in [6.45, 7) is 4.27. The molecule has 0 saturated carbocycles. The van der Waals surface area contributed by atoms with Crippen LogP contribution in [0.5, 0.6) is 0 Å². The van der Waals surface area contributed by atoms with Gasteiger partial charge in [-0.3, -0.25) is 0 Å². The van der Waals surface area contributed by atoms with Crippen molar-refractivity contribution >= 4 is 0 Å². The fraction of sp³-hybridized carbons (Fsp3) is 1.00. The summed E-state index contributed by atoms with van der Waals surface area (Å²) in [5.41, 5.74) is 16.1. The molecular weight excluding hydrogens is 215 g/mol. The fourth-order valence-electron chi connectivity index (χ4n) is 0.519.